The van der Waals surface area contributed by atoms with Crippen molar-refractivity contribution in [1.82, 2.24) is 20.2 Å². The van der Waals surface area contributed by atoms with E-state index >= 15 is 0 Å². The van der Waals surface area contributed by atoms with Gasteiger partial charge >= 0.3 is 12.1 Å². The molecule has 3 aromatic rings. The molecule has 0 unspecified atom stereocenters. The summed E-state index contributed by atoms with van der Waals surface area (Å²) in [6.07, 6.45) is -2.88. The molecule has 0 spiro atoms. The van der Waals surface area contributed by atoms with Crippen LogP contribution in [-0.4, -0.2) is 61.6 Å². The molecule has 0 bridgehead atoms. The summed E-state index contributed by atoms with van der Waals surface area (Å²) in [6.45, 7) is 7.18. The molecule has 0 aliphatic heterocycles. The van der Waals surface area contributed by atoms with Gasteiger partial charge in [0.1, 0.15) is 18.1 Å². The number of nitrogen functional groups attached to an aromatic ring is 2. The summed E-state index contributed by atoms with van der Waals surface area (Å²) in [6, 6.07) is 9.08. The Kier molecular flexibility index (Phi) is 12.9. The van der Waals surface area contributed by atoms with Crippen LogP contribution >= 0.6 is 0 Å². The number of aromatic nitrogens is 2. The minimum atomic E-state index is -5.08. The van der Waals surface area contributed by atoms with E-state index in [0.29, 0.717) is 33.6 Å². The Bertz CT molecular complexity index is 1690. The number of phenolic OH excluding ortho intramolecular Hbond substituents is 1. The van der Waals surface area contributed by atoms with Gasteiger partial charge in [-0.25, -0.2) is 9.78 Å². The van der Waals surface area contributed by atoms with E-state index in [4.69, 9.17) is 26.8 Å². The molecule has 0 aliphatic rings. The van der Waals surface area contributed by atoms with E-state index in [-0.39, 0.29) is 48.5 Å². The highest BCUT2D eigenvalue weighted by atomic mass is 19.4. The van der Waals surface area contributed by atoms with Gasteiger partial charge in [-0.1, -0.05) is 19.1 Å². The molecule has 3 rings (SSSR count). The number of carbonyl (C=O) groups is 3. The monoisotopic (exact) mass is 662 g/mol. The van der Waals surface area contributed by atoms with Gasteiger partial charge < -0.3 is 37.6 Å². The summed E-state index contributed by atoms with van der Waals surface area (Å²) >= 11 is 0. The number of nitrogens with two attached hydrogens (primary N) is 2. The molecular weight excluding hydrogens is 625 g/mol. The molecule has 254 valence electrons. The van der Waals surface area contributed by atoms with Crippen LogP contribution in [-0.2, 0) is 22.7 Å². The number of aliphatic carboxylic acids is 1. The molecule has 0 saturated heterocycles. The van der Waals surface area contributed by atoms with Gasteiger partial charge in [-0.3, -0.25) is 24.4 Å². The highest BCUT2D eigenvalue weighted by Crippen LogP contribution is 2.24. The maximum absolute atomic E-state index is 13.4. The Morgan fingerprint density at radius 2 is 1.72 bits per heavy atom. The number of phenols is 1. The van der Waals surface area contributed by atoms with E-state index < -0.39 is 23.6 Å². The maximum Gasteiger partial charge on any atom is 0.490 e. The number of amides is 2. The first kappa shape index (κ1) is 37.6. The van der Waals surface area contributed by atoms with Crippen LogP contribution in [0, 0.1) is 5.41 Å². The second-order valence-electron chi connectivity index (χ2n) is 10.6. The maximum atomic E-state index is 13.4. The van der Waals surface area contributed by atoms with Gasteiger partial charge in [0, 0.05) is 46.6 Å². The highest BCUT2D eigenvalue weighted by molar-refractivity contribution is 5.97. The van der Waals surface area contributed by atoms with Crippen molar-refractivity contribution in [3.63, 3.8) is 0 Å². The number of anilines is 2. The Balaban J connectivity index is 0.000000984. The number of carbonyl (C=O) groups excluding carboxylic acids is 2. The third-order valence-electron chi connectivity index (χ3n) is 6.40. The minimum absolute atomic E-state index is 0.0205. The van der Waals surface area contributed by atoms with E-state index in [1.807, 2.05) is 27.7 Å². The summed E-state index contributed by atoms with van der Waals surface area (Å²) in [5, 5.41) is 33.4. The summed E-state index contributed by atoms with van der Waals surface area (Å²) in [7, 11) is 0. The molecule has 0 saturated carbocycles. The van der Waals surface area contributed by atoms with Crippen molar-refractivity contribution in [3.8, 4) is 17.0 Å². The Morgan fingerprint density at radius 1 is 1.09 bits per heavy atom. The third kappa shape index (κ3) is 11.1. The highest BCUT2D eigenvalue weighted by Gasteiger charge is 2.38. The third-order valence-corrected chi connectivity index (χ3v) is 6.40. The van der Waals surface area contributed by atoms with Crippen LogP contribution in [0.15, 0.2) is 47.4 Å². The van der Waals surface area contributed by atoms with Crippen LogP contribution in [0.1, 0.15) is 55.6 Å². The first-order valence-corrected chi connectivity index (χ1v) is 14.1. The summed E-state index contributed by atoms with van der Waals surface area (Å²) < 4.78 is 33.0. The van der Waals surface area contributed by atoms with Crippen molar-refractivity contribution in [3.05, 3.63) is 69.6 Å². The first-order valence-electron chi connectivity index (χ1n) is 14.1. The van der Waals surface area contributed by atoms with Gasteiger partial charge in [0.2, 0.25) is 5.91 Å². The van der Waals surface area contributed by atoms with Gasteiger partial charge in [-0.05, 0) is 51.5 Å². The minimum Gasteiger partial charge on any atom is -0.508 e. The van der Waals surface area contributed by atoms with Crippen molar-refractivity contribution < 1.29 is 37.8 Å². The smallest absolute Gasteiger partial charge is 0.490 e. The number of halogens is 3. The van der Waals surface area contributed by atoms with Crippen LogP contribution in [0.25, 0.3) is 11.3 Å². The van der Waals surface area contributed by atoms with Gasteiger partial charge in [0.25, 0.3) is 11.5 Å². The SMILES string of the molecule is CC[C@@H](C)NC(=O)c1cc(N)cc(-c2cnc(NC(C)C)c(=O)n2CC(=O)NCc2ccc(C(=N)N)cc2O)c1.O=C(O)C(F)(F)F. The van der Waals surface area contributed by atoms with E-state index in [1.165, 1.54) is 16.8 Å². The number of carboxylic acid groups (broad SMARTS) is 1. The second-order valence-corrected chi connectivity index (χ2v) is 10.6. The quantitative estimate of drug-likeness (QED) is 0.0848. The number of hydrogen-bond acceptors (Lipinski definition) is 9. The number of carboxylic acids is 1. The van der Waals surface area contributed by atoms with E-state index in [0.717, 1.165) is 6.42 Å². The van der Waals surface area contributed by atoms with Crippen LogP contribution in [0.4, 0.5) is 24.7 Å². The number of amidine groups is 1. The lowest BCUT2D eigenvalue weighted by molar-refractivity contribution is -0.192. The summed E-state index contributed by atoms with van der Waals surface area (Å²) in [5.41, 5.74) is 13.2. The average molecular weight is 663 g/mol. The fraction of sp³-hybridized carbons (Fsp3) is 0.333. The predicted molar refractivity (Wildman–Crippen MR) is 169 cm³/mol. The standard InChI is InChI=1S/C28H36N8O4.C2HF3O2/c1-5-16(4)35-27(39)20-8-19(9-21(29)10-20)22-13-33-26(34-15(2)3)28(40)36(22)14-24(38)32-12-18-7-6-17(25(30)31)11-23(18)37;3-2(4,5)1(6)7/h6-11,13,15-16,37H,5,12,14,29H2,1-4H3,(H3,30,31)(H,32,38)(H,33,34)(H,35,39);(H,6,7)/t16-;/m1./s1. The van der Waals surface area contributed by atoms with Crippen LogP contribution in [0.5, 0.6) is 5.75 Å². The van der Waals surface area contributed by atoms with Crippen molar-refractivity contribution in [1.29, 1.82) is 5.41 Å². The van der Waals surface area contributed by atoms with Crippen molar-refractivity contribution in [2.24, 2.45) is 5.73 Å². The van der Waals surface area contributed by atoms with Crippen LogP contribution in [0.3, 0.4) is 0 Å². The van der Waals surface area contributed by atoms with Crippen molar-refractivity contribution >= 4 is 35.1 Å². The zero-order valence-electron chi connectivity index (χ0n) is 26.0. The lowest BCUT2D eigenvalue weighted by Gasteiger charge is -2.17. The number of nitrogens with one attached hydrogen (secondary N) is 4. The summed E-state index contributed by atoms with van der Waals surface area (Å²) in [4.78, 5) is 52.4. The zero-order chi connectivity index (χ0) is 35.6. The zero-order valence-corrected chi connectivity index (χ0v) is 26.0. The van der Waals surface area contributed by atoms with Gasteiger partial charge in [-0.15, -0.1) is 0 Å². The fourth-order valence-corrected chi connectivity index (χ4v) is 3.86. The van der Waals surface area contributed by atoms with Gasteiger partial charge in [0.05, 0.1) is 11.9 Å². The lowest BCUT2D eigenvalue weighted by Crippen LogP contribution is -2.35. The molecule has 0 radical (unpaired) electrons. The lowest BCUT2D eigenvalue weighted by atomic mass is 10.1. The number of benzene rings is 2. The molecule has 0 aliphatic carbocycles. The summed E-state index contributed by atoms with van der Waals surface area (Å²) in [5.74, 6) is -3.81. The molecule has 2 aromatic carbocycles. The predicted octanol–water partition coefficient (Wildman–Crippen LogP) is 2.78. The topological polar surface area (TPSA) is 239 Å². The average Bonchev–Trinajstić information content (AvgIpc) is 2.97. The normalized spacial score (nSPS) is 11.6. The van der Waals surface area contributed by atoms with E-state index in [2.05, 4.69) is 20.9 Å². The molecule has 14 nitrogen and oxygen atoms in total. The molecule has 10 N–H and O–H groups in total. The Hall–Kier alpha value is -5.61. The number of rotatable bonds is 11. The van der Waals surface area contributed by atoms with Gasteiger partial charge in [-0.2, -0.15) is 13.2 Å². The van der Waals surface area contributed by atoms with Crippen LogP contribution in [0.2, 0.25) is 0 Å². The molecule has 2 amide bonds. The molecule has 1 atom stereocenters. The van der Waals surface area contributed by atoms with Crippen LogP contribution < -0.4 is 33.0 Å². The number of hydrogen-bond donors (Lipinski definition) is 8. The second kappa shape index (κ2) is 16.1. The molecule has 1 heterocycles. The number of aromatic hydroxyl groups is 1. The molecule has 1 aromatic heterocycles. The van der Waals surface area contributed by atoms with E-state index in [9.17, 15) is 32.7 Å². The number of nitrogens with zero attached hydrogens (tertiary/aromatic N) is 2. The molecule has 17 heteroatoms. The molecular formula is C30H37F3N8O6. The van der Waals surface area contributed by atoms with Crippen molar-refractivity contribution in [2.75, 3.05) is 11.1 Å². The Labute approximate surface area is 267 Å². The largest absolute Gasteiger partial charge is 0.508 e. The Morgan fingerprint density at radius 3 is 2.26 bits per heavy atom. The van der Waals surface area contributed by atoms with Crippen molar-refractivity contribution in [2.45, 2.75) is 65.5 Å². The number of alkyl halides is 3. The first-order chi connectivity index (χ1) is 21.8. The van der Waals surface area contributed by atoms with Gasteiger partial charge in [0.15, 0.2) is 5.82 Å². The fourth-order valence-electron chi connectivity index (χ4n) is 3.86. The van der Waals surface area contributed by atoms with E-state index in [1.54, 1.807) is 30.3 Å². The molecule has 0 fully saturated rings. The molecule has 47 heavy (non-hydrogen) atoms.